The van der Waals surface area contributed by atoms with Crippen molar-refractivity contribution >= 4 is 15.7 Å². The van der Waals surface area contributed by atoms with Gasteiger partial charge in [0.25, 0.3) is 0 Å². The molecule has 4 nitrogen and oxygen atoms in total. The molecule has 0 spiro atoms. The molecule has 1 aliphatic heterocycles. The molecule has 2 aliphatic rings. The van der Waals surface area contributed by atoms with E-state index in [1.165, 1.54) is 12.0 Å². The van der Waals surface area contributed by atoms with Crippen LogP contribution in [0.4, 0.5) is 5.69 Å². The zero-order chi connectivity index (χ0) is 14.0. The molecular weight excluding hydrogens is 272 g/mol. The Morgan fingerprint density at radius 3 is 2.75 bits per heavy atom. The van der Waals surface area contributed by atoms with Crippen molar-refractivity contribution in [3.05, 3.63) is 29.3 Å². The lowest BCUT2D eigenvalue weighted by atomic mass is 9.99. The highest BCUT2D eigenvalue weighted by molar-refractivity contribution is 7.93. The number of nitrogens with one attached hydrogen (secondary N) is 2. The third-order valence-electron chi connectivity index (χ3n) is 4.38. The minimum Gasteiger partial charge on any atom is -0.312 e. The molecule has 1 aliphatic carbocycles. The number of benzene rings is 1. The molecule has 1 fully saturated rings. The zero-order valence-corrected chi connectivity index (χ0v) is 12.5. The van der Waals surface area contributed by atoms with Crippen molar-refractivity contribution in [3.8, 4) is 0 Å². The molecular formula is C15H22N2O2S. The van der Waals surface area contributed by atoms with E-state index in [1.54, 1.807) is 0 Å². The smallest absolute Gasteiger partial charge is 0.235 e. The summed E-state index contributed by atoms with van der Waals surface area (Å²) in [4.78, 5) is 0. The van der Waals surface area contributed by atoms with Gasteiger partial charge < -0.3 is 5.32 Å². The minimum absolute atomic E-state index is 0.214. The number of hydrogen-bond donors (Lipinski definition) is 2. The maximum Gasteiger partial charge on any atom is 0.235 e. The van der Waals surface area contributed by atoms with Gasteiger partial charge in [-0.2, -0.15) is 0 Å². The lowest BCUT2D eigenvalue weighted by molar-refractivity contribution is 0.486. The standard InChI is InChI=1S/C15H22N2O2S/c18-20(19,13-6-2-1-3-7-13)17-15-8-4-5-12-11-16-10-9-14(12)15/h4-5,8,13,16-17H,1-3,6-7,9-11H2. The monoisotopic (exact) mass is 294 g/mol. The van der Waals surface area contributed by atoms with E-state index >= 15 is 0 Å². The van der Waals surface area contributed by atoms with E-state index in [4.69, 9.17) is 0 Å². The molecule has 3 rings (SSSR count). The molecule has 1 heterocycles. The Morgan fingerprint density at radius 1 is 1.15 bits per heavy atom. The van der Waals surface area contributed by atoms with Gasteiger partial charge in [-0.3, -0.25) is 4.72 Å². The normalized spacial score (nSPS) is 20.4. The Kier molecular flexibility index (Phi) is 3.98. The van der Waals surface area contributed by atoms with Gasteiger partial charge in [0.15, 0.2) is 0 Å². The van der Waals surface area contributed by atoms with E-state index in [0.717, 1.165) is 56.4 Å². The van der Waals surface area contributed by atoms with Crippen LogP contribution in [0.3, 0.4) is 0 Å². The van der Waals surface area contributed by atoms with Gasteiger partial charge in [0.05, 0.1) is 10.9 Å². The first-order chi connectivity index (χ1) is 9.67. The number of fused-ring (bicyclic) bond motifs is 1. The molecule has 1 aromatic rings. The van der Waals surface area contributed by atoms with Crippen LogP contribution in [0.25, 0.3) is 0 Å². The second kappa shape index (κ2) is 5.74. The molecule has 1 aromatic carbocycles. The summed E-state index contributed by atoms with van der Waals surface area (Å²) in [6, 6.07) is 5.90. The lowest BCUT2D eigenvalue weighted by Gasteiger charge is -2.25. The van der Waals surface area contributed by atoms with Crippen LogP contribution in [0, 0.1) is 0 Å². The first kappa shape index (κ1) is 13.9. The van der Waals surface area contributed by atoms with Crippen LogP contribution in [-0.2, 0) is 23.0 Å². The zero-order valence-electron chi connectivity index (χ0n) is 11.7. The van der Waals surface area contributed by atoms with Gasteiger partial charge in [0.2, 0.25) is 10.0 Å². The Labute approximate surface area is 121 Å². The largest absolute Gasteiger partial charge is 0.312 e. The van der Waals surface area contributed by atoms with Crippen molar-refractivity contribution in [2.75, 3.05) is 11.3 Å². The van der Waals surface area contributed by atoms with Gasteiger partial charge in [0.1, 0.15) is 0 Å². The predicted octanol–water partition coefficient (Wildman–Crippen LogP) is 2.41. The maximum absolute atomic E-state index is 12.5. The second-order valence-electron chi connectivity index (χ2n) is 5.78. The van der Waals surface area contributed by atoms with Crippen molar-refractivity contribution in [2.24, 2.45) is 0 Å². The lowest BCUT2D eigenvalue weighted by Crippen LogP contribution is -2.31. The summed E-state index contributed by atoms with van der Waals surface area (Å²) in [7, 11) is -3.24. The maximum atomic E-state index is 12.5. The Hall–Kier alpha value is -1.07. The summed E-state index contributed by atoms with van der Waals surface area (Å²) in [5.41, 5.74) is 3.15. The minimum atomic E-state index is -3.24. The van der Waals surface area contributed by atoms with Crippen molar-refractivity contribution in [2.45, 2.75) is 50.3 Å². The summed E-state index contributed by atoms with van der Waals surface area (Å²) < 4.78 is 27.9. The van der Waals surface area contributed by atoms with E-state index < -0.39 is 10.0 Å². The van der Waals surface area contributed by atoms with Crippen molar-refractivity contribution in [1.29, 1.82) is 0 Å². The Balaban J connectivity index is 1.83. The molecule has 110 valence electrons. The molecule has 0 unspecified atom stereocenters. The van der Waals surface area contributed by atoms with Gasteiger partial charge in [-0.05, 0) is 43.0 Å². The third kappa shape index (κ3) is 2.83. The summed E-state index contributed by atoms with van der Waals surface area (Å²) in [6.45, 7) is 1.74. The molecule has 0 bridgehead atoms. The van der Waals surface area contributed by atoms with Crippen LogP contribution in [0.1, 0.15) is 43.2 Å². The van der Waals surface area contributed by atoms with Crippen LogP contribution in [-0.4, -0.2) is 20.2 Å². The number of rotatable bonds is 3. The van der Waals surface area contributed by atoms with Gasteiger partial charge in [-0.1, -0.05) is 31.4 Å². The fourth-order valence-corrected chi connectivity index (χ4v) is 4.86. The molecule has 0 amide bonds. The van der Waals surface area contributed by atoms with Crippen molar-refractivity contribution < 1.29 is 8.42 Å². The first-order valence-electron chi connectivity index (χ1n) is 7.50. The fourth-order valence-electron chi connectivity index (χ4n) is 3.24. The number of anilines is 1. The van der Waals surface area contributed by atoms with Crippen LogP contribution in [0.2, 0.25) is 0 Å². The number of sulfonamides is 1. The third-order valence-corrected chi connectivity index (χ3v) is 6.24. The molecule has 5 heteroatoms. The highest BCUT2D eigenvalue weighted by Gasteiger charge is 2.28. The van der Waals surface area contributed by atoms with Gasteiger partial charge >= 0.3 is 0 Å². The Morgan fingerprint density at radius 2 is 1.95 bits per heavy atom. The second-order valence-corrected chi connectivity index (χ2v) is 7.74. The van der Waals surface area contributed by atoms with E-state index in [-0.39, 0.29) is 5.25 Å². The fraction of sp³-hybridized carbons (Fsp3) is 0.600. The molecule has 0 atom stereocenters. The van der Waals surface area contributed by atoms with Gasteiger partial charge in [-0.25, -0.2) is 8.42 Å². The summed E-state index contributed by atoms with van der Waals surface area (Å²) in [5, 5.41) is 3.10. The predicted molar refractivity (Wildman–Crippen MR) is 81.3 cm³/mol. The number of hydrogen-bond acceptors (Lipinski definition) is 3. The van der Waals surface area contributed by atoms with Crippen molar-refractivity contribution in [3.63, 3.8) is 0 Å². The van der Waals surface area contributed by atoms with E-state index in [1.807, 2.05) is 12.1 Å². The van der Waals surface area contributed by atoms with Gasteiger partial charge in [-0.15, -0.1) is 0 Å². The average molecular weight is 294 g/mol. The Bertz CT molecular complexity index is 578. The molecule has 1 saturated carbocycles. The SMILES string of the molecule is O=S(=O)(Nc1cccc2c1CCNC2)C1CCCCC1. The van der Waals surface area contributed by atoms with Gasteiger partial charge in [0, 0.05) is 6.54 Å². The molecule has 2 N–H and O–H groups in total. The molecule has 0 radical (unpaired) electrons. The van der Waals surface area contributed by atoms with Crippen LogP contribution >= 0.6 is 0 Å². The summed E-state index contributed by atoms with van der Waals surface area (Å²) in [5.74, 6) is 0. The summed E-state index contributed by atoms with van der Waals surface area (Å²) in [6.07, 6.45) is 5.71. The van der Waals surface area contributed by atoms with Crippen LogP contribution in [0.5, 0.6) is 0 Å². The highest BCUT2D eigenvalue weighted by Crippen LogP contribution is 2.28. The van der Waals surface area contributed by atoms with E-state index in [9.17, 15) is 8.42 Å². The highest BCUT2D eigenvalue weighted by atomic mass is 32.2. The molecule has 0 aromatic heterocycles. The van der Waals surface area contributed by atoms with E-state index in [2.05, 4.69) is 16.1 Å². The molecule has 0 saturated heterocycles. The van der Waals surface area contributed by atoms with E-state index in [0.29, 0.717) is 0 Å². The van der Waals surface area contributed by atoms with Crippen LogP contribution < -0.4 is 10.0 Å². The molecule has 20 heavy (non-hydrogen) atoms. The summed E-state index contributed by atoms with van der Waals surface area (Å²) >= 11 is 0. The topological polar surface area (TPSA) is 58.2 Å². The quantitative estimate of drug-likeness (QED) is 0.900. The average Bonchev–Trinajstić information content (AvgIpc) is 2.48. The van der Waals surface area contributed by atoms with Crippen molar-refractivity contribution in [1.82, 2.24) is 5.32 Å². The van der Waals surface area contributed by atoms with Crippen LogP contribution in [0.15, 0.2) is 18.2 Å². The first-order valence-corrected chi connectivity index (χ1v) is 9.04.